The molecule has 1 aliphatic heterocycles. The number of hydrogen-bond acceptors (Lipinski definition) is 4. The predicted octanol–water partition coefficient (Wildman–Crippen LogP) is 0.995. The molecule has 29 heavy (non-hydrogen) atoms. The van der Waals surface area contributed by atoms with Gasteiger partial charge in [0.2, 0.25) is 5.36 Å². The minimum absolute atomic E-state index is 0. The predicted molar refractivity (Wildman–Crippen MR) is 124 cm³/mol. The van der Waals surface area contributed by atoms with E-state index in [0.717, 1.165) is 50.4 Å². The van der Waals surface area contributed by atoms with Crippen molar-refractivity contribution in [2.75, 3.05) is 51.7 Å². The molecule has 0 spiro atoms. The van der Waals surface area contributed by atoms with Crippen molar-refractivity contribution in [3.63, 3.8) is 0 Å². The van der Waals surface area contributed by atoms with Crippen LogP contribution in [0.2, 0.25) is 0 Å². The Bertz CT molecular complexity index is 967. The SMILES string of the molecule is CCC[N+](CC)=c1ccc2nc3ccc(N(CC)CCN(C)C)cc3sc-2c1.[Br-]. The molecule has 0 amide bonds. The fourth-order valence-electron chi connectivity index (χ4n) is 3.53. The van der Waals surface area contributed by atoms with Gasteiger partial charge in [-0.3, -0.25) is 0 Å². The Morgan fingerprint density at radius 1 is 1.00 bits per heavy atom. The second-order valence-electron chi connectivity index (χ2n) is 7.48. The van der Waals surface area contributed by atoms with Gasteiger partial charge in [0.05, 0.1) is 20.8 Å². The van der Waals surface area contributed by atoms with Crippen LogP contribution in [0.5, 0.6) is 0 Å². The second kappa shape index (κ2) is 11.0. The van der Waals surface area contributed by atoms with E-state index in [0.29, 0.717) is 0 Å². The normalized spacial score (nSPS) is 12.3. The van der Waals surface area contributed by atoms with Gasteiger partial charge in [0.1, 0.15) is 13.1 Å². The molecule has 2 aliphatic rings. The van der Waals surface area contributed by atoms with E-state index in [9.17, 15) is 0 Å². The van der Waals surface area contributed by atoms with Gasteiger partial charge in [0, 0.05) is 43.9 Å². The molecule has 0 saturated carbocycles. The van der Waals surface area contributed by atoms with Crippen LogP contribution in [0.1, 0.15) is 27.2 Å². The summed E-state index contributed by atoms with van der Waals surface area (Å²) >= 11 is 1.85. The van der Waals surface area contributed by atoms with Gasteiger partial charge in [-0.25, -0.2) is 9.56 Å². The van der Waals surface area contributed by atoms with Crippen LogP contribution < -0.4 is 31.8 Å². The minimum Gasteiger partial charge on any atom is -1.00 e. The Labute approximate surface area is 189 Å². The highest BCUT2D eigenvalue weighted by Crippen LogP contribution is 2.31. The van der Waals surface area contributed by atoms with Crippen molar-refractivity contribution < 1.29 is 17.0 Å². The number of rotatable bonds is 8. The van der Waals surface area contributed by atoms with Gasteiger partial charge in [0.25, 0.3) is 0 Å². The summed E-state index contributed by atoms with van der Waals surface area (Å²) in [5, 5.41) is 1.30. The number of hydrogen-bond donors (Lipinski definition) is 0. The highest BCUT2D eigenvalue weighted by molar-refractivity contribution is 7.21. The first-order valence-corrected chi connectivity index (χ1v) is 11.2. The minimum atomic E-state index is 0. The summed E-state index contributed by atoms with van der Waals surface area (Å²) in [4.78, 5) is 10.8. The van der Waals surface area contributed by atoms with E-state index in [1.54, 1.807) is 0 Å². The third kappa shape index (κ3) is 5.77. The van der Waals surface area contributed by atoms with Crippen molar-refractivity contribution in [1.29, 1.82) is 0 Å². The van der Waals surface area contributed by atoms with E-state index < -0.39 is 0 Å². The Morgan fingerprint density at radius 3 is 2.45 bits per heavy atom. The maximum absolute atomic E-state index is 4.92. The maximum Gasteiger partial charge on any atom is 0.201 e. The summed E-state index contributed by atoms with van der Waals surface area (Å²) < 4.78 is 3.69. The third-order valence-electron chi connectivity index (χ3n) is 5.15. The Kier molecular flexibility index (Phi) is 9.05. The van der Waals surface area contributed by atoms with Crippen LogP contribution in [-0.2, 0) is 0 Å². The number of aromatic nitrogens is 1. The maximum atomic E-state index is 4.92. The quantitative estimate of drug-likeness (QED) is 0.357. The van der Waals surface area contributed by atoms with Crippen LogP contribution in [-0.4, -0.2) is 56.7 Å². The number of anilines is 1. The van der Waals surface area contributed by atoms with Crippen molar-refractivity contribution in [2.45, 2.75) is 27.2 Å². The first kappa shape index (κ1) is 23.8. The molecular weight excluding hydrogens is 444 g/mol. The van der Waals surface area contributed by atoms with Crippen molar-refractivity contribution in [3.05, 3.63) is 41.8 Å². The van der Waals surface area contributed by atoms with Gasteiger partial charge in [-0.1, -0.05) is 6.92 Å². The molecule has 0 fully saturated rings. The fourth-order valence-corrected chi connectivity index (χ4v) is 4.56. The third-order valence-corrected chi connectivity index (χ3v) is 6.25. The zero-order valence-electron chi connectivity index (χ0n) is 18.3. The molecule has 1 aliphatic carbocycles. The molecule has 0 radical (unpaired) electrons. The van der Waals surface area contributed by atoms with Crippen molar-refractivity contribution >= 4 is 27.2 Å². The molecule has 1 aromatic carbocycles. The molecule has 0 saturated heterocycles. The number of nitrogens with zero attached hydrogens (tertiary/aromatic N) is 4. The van der Waals surface area contributed by atoms with E-state index in [-0.39, 0.29) is 17.0 Å². The number of halogens is 1. The van der Waals surface area contributed by atoms with Crippen LogP contribution in [0.3, 0.4) is 0 Å². The lowest BCUT2D eigenvalue weighted by molar-refractivity contribution is -0.00000591. The van der Waals surface area contributed by atoms with Gasteiger partial charge in [-0.15, -0.1) is 11.3 Å². The van der Waals surface area contributed by atoms with Crippen molar-refractivity contribution in [3.8, 4) is 10.6 Å². The molecule has 0 bridgehead atoms. The molecule has 1 aromatic rings. The first-order chi connectivity index (χ1) is 13.5. The summed E-state index contributed by atoms with van der Waals surface area (Å²) in [5.74, 6) is 0. The van der Waals surface area contributed by atoms with Crippen LogP contribution in [0.15, 0.2) is 36.4 Å². The number of likely N-dealkylation sites (N-methyl/N-ethyl adjacent to an activating group) is 2. The molecule has 0 N–H and O–H groups in total. The van der Waals surface area contributed by atoms with E-state index >= 15 is 0 Å². The monoisotopic (exact) mass is 476 g/mol. The summed E-state index contributed by atoms with van der Waals surface area (Å²) in [5.41, 5.74) is 3.45. The standard InChI is InChI=1S/C23H33N4S.BrH/c1-6-13-26(7-2)18-9-11-20-22(16-18)28-23-17-19(10-12-21(23)24-20)27(8-3)15-14-25(4)5;/h9-12,16-17H,6-8,13-15H2,1-5H3;1H/q+1;/p-1. The Hall–Kier alpha value is -1.50. The average molecular weight is 478 g/mol. The van der Waals surface area contributed by atoms with E-state index in [4.69, 9.17) is 4.98 Å². The van der Waals surface area contributed by atoms with Crippen LogP contribution in [0, 0.1) is 0 Å². The molecule has 0 unspecified atom stereocenters. The highest BCUT2D eigenvalue weighted by Gasteiger charge is 2.12. The molecule has 4 nitrogen and oxygen atoms in total. The summed E-state index contributed by atoms with van der Waals surface area (Å²) in [7, 11) is 4.25. The molecule has 0 atom stereocenters. The molecule has 6 heteroatoms. The van der Waals surface area contributed by atoms with Gasteiger partial charge in [-0.2, -0.15) is 0 Å². The molecular formula is C23H33BrN4S. The topological polar surface area (TPSA) is 22.4 Å². The van der Waals surface area contributed by atoms with E-state index in [2.05, 4.69) is 85.6 Å². The molecule has 1 heterocycles. The zero-order chi connectivity index (χ0) is 20.1. The van der Waals surface area contributed by atoms with Crippen molar-refractivity contribution in [2.24, 2.45) is 0 Å². The van der Waals surface area contributed by atoms with Crippen molar-refractivity contribution in [1.82, 2.24) is 14.5 Å². The first-order valence-electron chi connectivity index (χ1n) is 10.4. The van der Waals surface area contributed by atoms with E-state index in [1.165, 1.54) is 20.6 Å². The lowest BCUT2D eigenvalue weighted by Crippen LogP contribution is -3.00. The highest BCUT2D eigenvalue weighted by atomic mass is 79.9. The molecule has 158 valence electrons. The lowest BCUT2D eigenvalue weighted by atomic mass is 10.2. The van der Waals surface area contributed by atoms with Crippen LogP contribution >= 0.6 is 11.3 Å². The van der Waals surface area contributed by atoms with Crippen LogP contribution in [0.25, 0.3) is 20.8 Å². The zero-order valence-corrected chi connectivity index (χ0v) is 20.7. The van der Waals surface area contributed by atoms with E-state index in [1.807, 2.05) is 11.3 Å². The molecule has 3 rings (SSSR count). The summed E-state index contributed by atoms with van der Waals surface area (Å²) in [6.07, 6.45) is 1.16. The van der Waals surface area contributed by atoms with Gasteiger partial charge in [0.15, 0.2) is 0 Å². The second-order valence-corrected chi connectivity index (χ2v) is 8.56. The largest absolute Gasteiger partial charge is 1.00 e. The lowest BCUT2D eigenvalue weighted by Gasteiger charge is -2.25. The number of benzene rings is 2. The average Bonchev–Trinajstić information content (AvgIpc) is 2.70. The smallest absolute Gasteiger partial charge is 0.201 e. The summed E-state index contributed by atoms with van der Waals surface area (Å²) in [6, 6.07) is 13.4. The molecule has 0 aromatic heterocycles. The van der Waals surface area contributed by atoms with Gasteiger partial charge < -0.3 is 26.8 Å². The fraction of sp³-hybridized carbons (Fsp3) is 0.478. The Balaban J connectivity index is 0.00000300. The van der Waals surface area contributed by atoms with Gasteiger partial charge in [-0.05, 0) is 52.2 Å². The number of fused-ring (bicyclic) bond motifs is 2. The van der Waals surface area contributed by atoms with Crippen LogP contribution in [0.4, 0.5) is 5.69 Å². The summed E-state index contributed by atoms with van der Waals surface area (Å²) in [6.45, 7) is 11.9. The Morgan fingerprint density at radius 2 is 1.79 bits per heavy atom. The van der Waals surface area contributed by atoms with Gasteiger partial charge >= 0.3 is 0 Å².